The number of nitrogens with zero attached hydrogens (tertiary/aromatic N) is 2. The molecule has 0 aliphatic carbocycles. The maximum atomic E-state index is 5.42. The van der Waals surface area contributed by atoms with Crippen LogP contribution in [-0.4, -0.2) is 50.3 Å². The molecule has 3 N–H and O–H groups in total. The molecule has 0 atom stereocenters. The fourth-order valence-corrected chi connectivity index (χ4v) is 0.842. The van der Waals surface area contributed by atoms with Crippen molar-refractivity contribution < 1.29 is 4.58 Å². The van der Waals surface area contributed by atoms with E-state index < -0.39 is 0 Å². The van der Waals surface area contributed by atoms with E-state index in [1.54, 1.807) is 0 Å². The van der Waals surface area contributed by atoms with Gasteiger partial charge in [-0.05, 0) is 0 Å². The van der Waals surface area contributed by atoms with Crippen molar-refractivity contribution in [2.24, 2.45) is 5.73 Å². The summed E-state index contributed by atoms with van der Waals surface area (Å²) >= 11 is 0. The van der Waals surface area contributed by atoms with E-state index in [-0.39, 0.29) is 0 Å². The molecular formula is C6H17N4+. The predicted octanol–water partition coefficient (Wildman–Crippen LogP) is -1.32. The largest absolute Gasteiger partial charge is 0.348 e. The van der Waals surface area contributed by atoms with Crippen LogP contribution < -0.4 is 11.1 Å². The summed E-state index contributed by atoms with van der Waals surface area (Å²) in [7, 11) is 7.75. The lowest BCUT2D eigenvalue weighted by Crippen LogP contribution is -2.44. The van der Waals surface area contributed by atoms with Crippen LogP contribution in [-0.2, 0) is 0 Å². The van der Waals surface area contributed by atoms with E-state index in [2.05, 4.69) is 5.32 Å². The van der Waals surface area contributed by atoms with E-state index in [0.29, 0.717) is 6.67 Å². The van der Waals surface area contributed by atoms with Crippen LogP contribution in [0.2, 0.25) is 0 Å². The second kappa shape index (κ2) is 4.11. The van der Waals surface area contributed by atoms with Crippen molar-refractivity contribution in [2.75, 3.05) is 34.9 Å². The highest BCUT2D eigenvalue weighted by Gasteiger charge is 2.09. The van der Waals surface area contributed by atoms with Crippen molar-refractivity contribution in [2.45, 2.75) is 0 Å². The zero-order chi connectivity index (χ0) is 8.15. The molecule has 0 aromatic heterocycles. The quantitative estimate of drug-likeness (QED) is 0.208. The standard InChI is InChI=1S/C6H16N4/c1-8-6(9(2)3)10(4)5-7/h5,7H2,1-4H3/p+1. The zero-order valence-corrected chi connectivity index (χ0v) is 7.18. The average molecular weight is 145 g/mol. The zero-order valence-electron chi connectivity index (χ0n) is 7.18. The average Bonchev–Trinajstić information content (AvgIpc) is 1.88. The van der Waals surface area contributed by atoms with Gasteiger partial charge in [-0.15, -0.1) is 0 Å². The van der Waals surface area contributed by atoms with Gasteiger partial charge >= 0.3 is 5.96 Å². The Morgan fingerprint density at radius 3 is 2.20 bits per heavy atom. The Hall–Kier alpha value is -0.770. The maximum absolute atomic E-state index is 5.42. The van der Waals surface area contributed by atoms with E-state index in [1.807, 2.05) is 37.7 Å². The molecule has 0 unspecified atom stereocenters. The Kier molecular flexibility index (Phi) is 3.79. The van der Waals surface area contributed by atoms with Gasteiger partial charge in [0.15, 0.2) is 0 Å². The van der Waals surface area contributed by atoms with Crippen LogP contribution in [0, 0.1) is 0 Å². The van der Waals surface area contributed by atoms with Crippen LogP contribution in [0.5, 0.6) is 0 Å². The van der Waals surface area contributed by atoms with Crippen molar-refractivity contribution in [3.8, 4) is 0 Å². The van der Waals surface area contributed by atoms with Crippen LogP contribution >= 0.6 is 0 Å². The summed E-state index contributed by atoms with van der Waals surface area (Å²) in [5.41, 5.74) is 5.42. The lowest BCUT2D eigenvalue weighted by atomic mass is 10.7. The first-order chi connectivity index (χ1) is 4.63. The lowest BCUT2D eigenvalue weighted by molar-refractivity contribution is -0.472. The predicted molar refractivity (Wildman–Crippen MR) is 43.0 cm³/mol. The number of guanidine groups is 1. The van der Waals surface area contributed by atoms with Crippen LogP contribution in [0.15, 0.2) is 0 Å². The Balaban J connectivity index is 4.21. The fraction of sp³-hybridized carbons (Fsp3) is 0.833. The van der Waals surface area contributed by atoms with Crippen molar-refractivity contribution in [3.63, 3.8) is 0 Å². The molecule has 0 aliphatic rings. The Morgan fingerprint density at radius 1 is 1.60 bits per heavy atom. The SMILES string of the molecule is CNC(N(C)CN)=[N+](C)C. The minimum absolute atomic E-state index is 0.522. The van der Waals surface area contributed by atoms with Gasteiger partial charge in [-0.3, -0.25) is 14.8 Å². The van der Waals surface area contributed by atoms with Gasteiger partial charge in [-0.2, -0.15) is 0 Å². The monoisotopic (exact) mass is 145 g/mol. The first-order valence-corrected chi connectivity index (χ1v) is 3.26. The molecule has 0 saturated heterocycles. The molecule has 0 spiro atoms. The number of hydrogen-bond donors (Lipinski definition) is 2. The fourth-order valence-electron chi connectivity index (χ4n) is 0.842. The Labute approximate surface area is 62.3 Å². The highest BCUT2D eigenvalue weighted by Crippen LogP contribution is 1.76. The second-order valence-electron chi connectivity index (χ2n) is 2.35. The van der Waals surface area contributed by atoms with Gasteiger partial charge in [-0.1, -0.05) is 0 Å². The maximum Gasteiger partial charge on any atom is 0.348 e. The molecule has 0 saturated carbocycles. The van der Waals surface area contributed by atoms with Crippen LogP contribution in [0.3, 0.4) is 0 Å². The van der Waals surface area contributed by atoms with Crippen LogP contribution in [0.4, 0.5) is 0 Å². The summed E-state index contributed by atoms with van der Waals surface area (Å²) in [6.07, 6.45) is 0. The van der Waals surface area contributed by atoms with Gasteiger partial charge in [0.1, 0.15) is 6.67 Å². The van der Waals surface area contributed by atoms with E-state index >= 15 is 0 Å². The topological polar surface area (TPSA) is 44.3 Å². The smallest absolute Gasteiger partial charge is 0.302 e. The molecule has 0 bridgehead atoms. The molecule has 0 aromatic carbocycles. The minimum atomic E-state index is 0.522. The van der Waals surface area contributed by atoms with E-state index in [1.165, 1.54) is 0 Å². The second-order valence-corrected chi connectivity index (χ2v) is 2.35. The molecule has 10 heavy (non-hydrogen) atoms. The lowest BCUT2D eigenvalue weighted by Gasteiger charge is -2.12. The van der Waals surface area contributed by atoms with Gasteiger partial charge < -0.3 is 5.73 Å². The normalized spacial score (nSPS) is 8.90. The summed E-state index contributed by atoms with van der Waals surface area (Å²) in [4.78, 5) is 1.93. The van der Waals surface area contributed by atoms with Gasteiger partial charge in [-0.25, -0.2) is 0 Å². The molecule has 0 radical (unpaired) electrons. The number of nitrogens with two attached hydrogens (primary N) is 1. The molecule has 0 fully saturated rings. The molecule has 0 aromatic rings. The molecule has 4 heteroatoms. The van der Waals surface area contributed by atoms with Gasteiger partial charge in [0.2, 0.25) is 0 Å². The molecule has 0 rings (SSSR count). The van der Waals surface area contributed by atoms with Crippen molar-refractivity contribution >= 4 is 5.96 Å². The summed E-state index contributed by atoms with van der Waals surface area (Å²) in [5, 5.41) is 3.04. The van der Waals surface area contributed by atoms with Gasteiger partial charge in [0.05, 0.1) is 28.2 Å². The molecule has 60 valence electrons. The summed E-state index contributed by atoms with van der Waals surface area (Å²) < 4.78 is 1.98. The number of hydrogen-bond acceptors (Lipinski definition) is 1. The highest BCUT2D eigenvalue weighted by molar-refractivity contribution is 5.74. The molecule has 0 aliphatic heterocycles. The summed E-state index contributed by atoms with van der Waals surface area (Å²) in [6, 6.07) is 0. The first kappa shape index (κ1) is 9.23. The molecule has 0 heterocycles. The third-order valence-electron chi connectivity index (χ3n) is 1.28. The molecule has 0 amide bonds. The highest BCUT2D eigenvalue weighted by atomic mass is 15.3. The number of nitrogens with one attached hydrogen (secondary N) is 1. The Morgan fingerprint density at radius 2 is 2.10 bits per heavy atom. The third kappa shape index (κ3) is 2.23. The van der Waals surface area contributed by atoms with Crippen LogP contribution in [0.25, 0.3) is 0 Å². The van der Waals surface area contributed by atoms with Gasteiger partial charge in [0, 0.05) is 0 Å². The third-order valence-corrected chi connectivity index (χ3v) is 1.28. The molecule has 4 nitrogen and oxygen atoms in total. The summed E-state index contributed by atoms with van der Waals surface area (Å²) in [6.45, 7) is 0.522. The van der Waals surface area contributed by atoms with Crippen LogP contribution in [0.1, 0.15) is 0 Å². The van der Waals surface area contributed by atoms with E-state index in [4.69, 9.17) is 5.73 Å². The van der Waals surface area contributed by atoms with Gasteiger partial charge in [0.25, 0.3) is 0 Å². The summed E-state index contributed by atoms with van der Waals surface area (Å²) in [5.74, 6) is 1.02. The van der Waals surface area contributed by atoms with E-state index in [0.717, 1.165) is 5.96 Å². The first-order valence-electron chi connectivity index (χ1n) is 3.26. The van der Waals surface area contributed by atoms with Crippen molar-refractivity contribution in [1.29, 1.82) is 0 Å². The number of rotatable bonds is 1. The molecular weight excluding hydrogens is 128 g/mol. The minimum Gasteiger partial charge on any atom is -0.302 e. The van der Waals surface area contributed by atoms with Crippen molar-refractivity contribution in [1.82, 2.24) is 10.2 Å². The van der Waals surface area contributed by atoms with E-state index in [9.17, 15) is 0 Å². The Bertz CT molecular complexity index is 126. The van der Waals surface area contributed by atoms with Crippen molar-refractivity contribution in [3.05, 3.63) is 0 Å².